The number of aromatic nitrogens is 1. The molecule has 0 amide bonds. The summed E-state index contributed by atoms with van der Waals surface area (Å²) in [5, 5.41) is 13.3. The summed E-state index contributed by atoms with van der Waals surface area (Å²) < 4.78 is 0. The molecule has 1 atom stereocenters. The van der Waals surface area contributed by atoms with Gasteiger partial charge in [0, 0.05) is 18.0 Å². The number of aliphatic hydroxyl groups is 1. The summed E-state index contributed by atoms with van der Waals surface area (Å²) >= 11 is 1.61. The van der Waals surface area contributed by atoms with E-state index in [-0.39, 0.29) is 11.9 Å². The molecule has 0 aromatic carbocycles. The van der Waals surface area contributed by atoms with Crippen molar-refractivity contribution in [3.05, 3.63) is 23.9 Å². The van der Waals surface area contributed by atoms with Gasteiger partial charge in [-0.2, -0.15) is 0 Å². The third kappa shape index (κ3) is 3.29. The first kappa shape index (κ1) is 11.5. The van der Waals surface area contributed by atoms with Gasteiger partial charge in [0.05, 0.1) is 6.61 Å². The lowest BCUT2D eigenvalue weighted by Crippen LogP contribution is -2.09. The molecule has 0 aliphatic heterocycles. The van der Waals surface area contributed by atoms with Gasteiger partial charge < -0.3 is 10.4 Å². The molecule has 0 saturated heterocycles. The molecule has 14 heavy (non-hydrogen) atoms. The maximum absolute atomic E-state index is 8.95. The zero-order chi connectivity index (χ0) is 10.4. The fourth-order valence-corrected chi connectivity index (χ4v) is 1.95. The minimum Gasteiger partial charge on any atom is -0.395 e. The monoisotopic (exact) mass is 212 g/mol. The molecule has 0 aliphatic rings. The van der Waals surface area contributed by atoms with E-state index in [1.807, 2.05) is 20.0 Å². The highest BCUT2D eigenvalue weighted by Gasteiger charge is 2.07. The molecular weight excluding hydrogens is 196 g/mol. The van der Waals surface area contributed by atoms with Crippen molar-refractivity contribution < 1.29 is 5.11 Å². The Morgan fingerprint density at radius 1 is 1.64 bits per heavy atom. The number of hydrogen-bond donors (Lipinski definition) is 2. The van der Waals surface area contributed by atoms with Crippen molar-refractivity contribution in [2.45, 2.75) is 23.7 Å². The standard InChI is InChI=1S/C10H16N2OS/c1-8(7-13)14-10-9(6-11-2)4-3-5-12-10/h3-5,8,11,13H,6-7H2,1-2H3. The Labute approximate surface area is 88.9 Å². The van der Waals surface area contributed by atoms with Crippen LogP contribution in [-0.2, 0) is 6.54 Å². The predicted molar refractivity (Wildman–Crippen MR) is 59.4 cm³/mol. The minimum absolute atomic E-state index is 0.181. The van der Waals surface area contributed by atoms with Crippen molar-refractivity contribution in [2.24, 2.45) is 0 Å². The van der Waals surface area contributed by atoms with Crippen LogP contribution >= 0.6 is 11.8 Å². The van der Waals surface area contributed by atoms with E-state index in [1.165, 1.54) is 5.56 Å². The summed E-state index contributed by atoms with van der Waals surface area (Å²) in [4.78, 5) is 4.30. The van der Waals surface area contributed by atoms with Gasteiger partial charge in [-0.3, -0.25) is 0 Å². The molecule has 0 spiro atoms. The molecule has 1 aromatic rings. The quantitative estimate of drug-likeness (QED) is 0.722. The topological polar surface area (TPSA) is 45.2 Å². The van der Waals surface area contributed by atoms with Crippen molar-refractivity contribution in [1.82, 2.24) is 10.3 Å². The van der Waals surface area contributed by atoms with E-state index in [1.54, 1.807) is 18.0 Å². The van der Waals surface area contributed by atoms with E-state index in [0.717, 1.165) is 11.6 Å². The first-order valence-electron chi connectivity index (χ1n) is 4.64. The van der Waals surface area contributed by atoms with Crippen LogP contribution in [0.2, 0.25) is 0 Å². The molecule has 0 saturated carbocycles. The Morgan fingerprint density at radius 3 is 3.07 bits per heavy atom. The fraction of sp³-hybridized carbons (Fsp3) is 0.500. The maximum Gasteiger partial charge on any atom is 0.101 e. The Kier molecular flexibility index (Phi) is 4.93. The molecule has 1 aromatic heterocycles. The van der Waals surface area contributed by atoms with Gasteiger partial charge in [-0.05, 0) is 18.7 Å². The van der Waals surface area contributed by atoms with Crippen LogP contribution < -0.4 is 5.32 Å². The molecule has 3 nitrogen and oxygen atoms in total. The van der Waals surface area contributed by atoms with Crippen LogP contribution in [0.15, 0.2) is 23.4 Å². The summed E-state index contributed by atoms with van der Waals surface area (Å²) in [7, 11) is 1.91. The summed E-state index contributed by atoms with van der Waals surface area (Å²) in [6.45, 7) is 2.98. The number of thioether (sulfide) groups is 1. The highest BCUT2D eigenvalue weighted by molar-refractivity contribution is 7.99. The number of pyridine rings is 1. The van der Waals surface area contributed by atoms with Crippen LogP contribution in [0.3, 0.4) is 0 Å². The van der Waals surface area contributed by atoms with Gasteiger partial charge in [0.25, 0.3) is 0 Å². The molecular formula is C10H16N2OS. The molecule has 4 heteroatoms. The van der Waals surface area contributed by atoms with Crippen LogP contribution in [0.1, 0.15) is 12.5 Å². The van der Waals surface area contributed by atoms with E-state index in [0.29, 0.717) is 0 Å². The second-order valence-electron chi connectivity index (χ2n) is 3.11. The van der Waals surface area contributed by atoms with Gasteiger partial charge in [-0.1, -0.05) is 13.0 Å². The number of hydrogen-bond acceptors (Lipinski definition) is 4. The van der Waals surface area contributed by atoms with Gasteiger partial charge in [0.15, 0.2) is 0 Å². The molecule has 0 fully saturated rings. The average molecular weight is 212 g/mol. The molecule has 0 bridgehead atoms. The van der Waals surface area contributed by atoms with Crippen molar-refractivity contribution >= 4 is 11.8 Å². The van der Waals surface area contributed by atoms with Crippen LogP contribution in [0.5, 0.6) is 0 Å². The third-order valence-electron chi connectivity index (χ3n) is 1.79. The van der Waals surface area contributed by atoms with Gasteiger partial charge in [0.1, 0.15) is 5.03 Å². The highest BCUT2D eigenvalue weighted by Crippen LogP contribution is 2.23. The van der Waals surface area contributed by atoms with Gasteiger partial charge in [-0.15, -0.1) is 11.8 Å². The minimum atomic E-state index is 0.181. The lowest BCUT2D eigenvalue weighted by Gasteiger charge is -2.10. The lowest BCUT2D eigenvalue weighted by molar-refractivity contribution is 0.300. The van der Waals surface area contributed by atoms with Crippen molar-refractivity contribution in [2.75, 3.05) is 13.7 Å². The number of aliphatic hydroxyl groups excluding tert-OH is 1. The zero-order valence-corrected chi connectivity index (χ0v) is 9.34. The average Bonchev–Trinajstić information content (AvgIpc) is 2.21. The third-order valence-corrected chi connectivity index (χ3v) is 2.93. The number of nitrogens with zero attached hydrogens (tertiary/aromatic N) is 1. The molecule has 78 valence electrons. The van der Waals surface area contributed by atoms with E-state index >= 15 is 0 Å². The summed E-state index contributed by atoms with van der Waals surface area (Å²) in [6, 6.07) is 3.98. The van der Waals surface area contributed by atoms with E-state index in [2.05, 4.69) is 16.4 Å². The largest absolute Gasteiger partial charge is 0.395 e. The first-order valence-corrected chi connectivity index (χ1v) is 5.52. The van der Waals surface area contributed by atoms with Crippen molar-refractivity contribution in [1.29, 1.82) is 0 Å². The molecule has 1 unspecified atom stereocenters. The van der Waals surface area contributed by atoms with Crippen molar-refractivity contribution in [3.8, 4) is 0 Å². The number of rotatable bonds is 5. The molecule has 0 radical (unpaired) electrons. The predicted octanol–water partition coefficient (Wildman–Crippen LogP) is 1.27. The zero-order valence-electron chi connectivity index (χ0n) is 8.53. The van der Waals surface area contributed by atoms with E-state index in [9.17, 15) is 0 Å². The molecule has 2 N–H and O–H groups in total. The Balaban J connectivity index is 2.73. The van der Waals surface area contributed by atoms with Crippen LogP contribution in [0.25, 0.3) is 0 Å². The lowest BCUT2D eigenvalue weighted by atomic mass is 10.3. The van der Waals surface area contributed by atoms with E-state index < -0.39 is 0 Å². The number of nitrogens with one attached hydrogen (secondary N) is 1. The molecule has 1 rings (SSSR count). The smallest absolute Gasteiger partial charge is 0.101 e. The second kappa shape index (κ2) is 6.01. The summed E-state index contributed by atoms with van der Waals surface area (Å²) in [6.07, 6.45) is 1.78. The van der Waals surface area contributed by atoms with E-state index in [4.69, 9.17) is 5.11 Å². The van der Waals surface area contributed by atoms with Crippen LogP contribution in [-0.4, -0.2) is 29.0 Å². The second-order valence-corrected chi connectivity index (χ2v) is 4.54. The Morgan fingerprint density at radius 2 is 2.43 bits per heavy atom. The van der Waals surface area contributed by atoms with Crippen LogP contribution in [0, 0.1) is 0 Å². The van der Waals surface area contributed by atoms with Crippen LogP contribution in [0.4, 0.5) is 0 Å². The summed E-state index contributed by atoms with van der Waals surface area (Å²) in [5.74, 6) is 0. The maximum atomic E-state index is 8.95. The normalized spacial score (nSPS) is 12.8. The molecule has 0 aliphatic carbocycles. The molecule has 1 heterocycles. The fourth-order valence-electron chi connectivity index (χ4n) is 1.08. The van der Waals surface area contributed by atoms with Gasteiger partial charge >= 0.3 is 0 Å². The summed E-state index contributed by atoms with van der Waals surface area (Å²) in [5.41, 5.74) is 1.18. The Bertz CT molecular complexity index is 281. The SMILES string of the molecule is CNCc1cccnc1SC(C)CO. The first-order chi connectivity index (χ1) is 6.77. The van der Waals surface area contributed by atoms with Crippen molar-refractivity contribution in [3.63, 3.8) is 0 Å². The Hall–Kier alpha value is -0.580. The van der Waals surface area contributed by atoms with Gasteiger partial charge in [-0.25, -0.2) is 4.98 Å². The van der Waals surface area contributed by atoms with Gasteiger partial charge in [0.2, 0.25) is 0 Å². The highest BCUT2D eigenvalue weighted by atomic mass is 32.2.